The summed E-state index contributed by atoms with van der Waals surface area (Å²) in [4.78, 5) is 4.06. The van der Waals surface area contributed by atoms with Crippen molar-refractivity contribution in [1.29, 1.82) is 5.26 Å². The van der Waals surface area contributed by atoms with E-state index in [4.69, 9.17) is 20.5 Å². The van der Waals surface area contributed by atoms with Gasteiger partial charge in [-0.05, 0) is 30.7 Å². The topological polar surface area (TPSA) is 98.4 Å². The maximum Gasteiger partial charge on any atom is 0.221 e. The van der Waals surface area contributed by atoms with Crippen LogP contribution in [0.5, 0.6) is 11.5 Å². The van der Waals surface area contributed by atoms with Gasteiger partial charge in [0.05, 0.1) is 25.2 Å². The van der Waals surface area contributed by atoms with Gasteiger partial charge in [-0.2, -0.15) is 10.4 Å². The molecule has 2 rings (SSSR count). The SMILES string of the molecule is COc1cc(C=Nn2cc(C)nc2N)ccc1OCC#N. The molecule has 7 heteroatoms. The van der Waals surface area contributed by atoms with Gasteiger partial charge >= 0.3 is 0 Å². The lowest BCUT2D eigenvalue weighted by Gasteiger charge is -2.08. The molecule has 0 aliphatic rings. The Bertz CT molecular complexity index is 700. The summed E-state index contributed by atoms with van der Waals surface area (Å²) in [5.41, 5.74) is 7.30. The van der Waals surface area contributed by atoms with E-state index in [1.54, 1.807) is 30.6 Å². The van der Waals surface area contributed by atoms with Gasteiger partial charge in [0.2, 0.25) is 5.95 Å². The fourth-order valence-corrected chi connectivity index (χ4v) is 1.72. The highest BCUT2D eigenvalue weighted by atomic mass is 16.5. The van der Waals surface area contributed by atoms with Gasteiger partial charge in [-0.25, -0.2) is 9.66 Å². The lowest BCUT2D eigenvalue weighted by atomic mass is 10.2. The number of hydrogen-bond donors (Lipinski definition) is 1. The van der Waals surface area contributed by atoms with E-state index in [0.717, 1.165) is 11.3 Å². The van der Waals surface area contributed by atoms with E-state index < -0.39 is 0 Å². The summed E-state index contributed by atoms with van der Waals surface area (Å²) in [5, 5.41) is 12.7. The highest BCUT2D eigenvalue weighted by Gasteiger charge is 2.05. The molecule has 1 aromatic carbocycles. The number of anilines is 1. The third-order valence-electron chi connectivity index (χ3n) is 2.65. The van der Waals surface area contributed by atoms with E-state index >= 15 is 0 Å². The Morgan fingerprint density at radius 1 is 1.48 bits per heavy atom. The third kappa shape index (κ3) is 3.51. The average molecular weight is 285 g/mol. The van der Waals surface area contributed by atoms with Crippen LogP contribution in [0.15, 0.2) is 29.5 Å². The molecule has 0 aliphatic carbocycles. The number of nitrogens with zero attached hydrogens (tertiary/aromatic N) is 4. The molecule has 108 valence electrons. The van der Waals surface area contributed by atoms with Gasteiger partial charge in [-0.1, -0.05) is 0 Å². The van der Waals surface area contributed by atoms with E-state index in [0.29, 0.717) is 17.4 Å². The molecule has 21 heavy (non-hydrogen) atoms. The first-order valence-corrected chi connectivity index (χ1v) is 6.17. The third-order valence-corrected chi connectivity index (χ3v) is 2.65. The van der Waals surface area contributed by atoms with Gasteiger partial charge in [0.15, 0.2) is 18.1 Å². The number of methoxy groups -OCH3 is 1. The number of aryl methyl sites for hydroxylation is 1. The van der Waals surface area contributed by atoms with E-state index in [2.05, 4.69) is 10.1 Å². The van der Waals surface area contributed by atoms with Crippen LogP contribution in [-0.4, -0.2) is 29.6 Å². The normalized spacial score (nSPS) is 10.5. The Labute approximate surface area is 122 Å². The number of rotatable bonds is 5. The average Bonchev–Trinajstić information content (AvgIpc) is 2.81. The number of ether oxygens (including phenoxy) is 2. The maximum atomic E-state index is 8.53. The minimum atomic E-state index is -0.0331. The van der Waals surface area contributed by atoms with Crippen molar-refractivity contribution in [1.82, 2.24) is 9.66 Å². The largest absolute Gasteiger partial charge is 0.493 e. The minimum absolute atomic E-state index is 0.0331. The van der Waals surface area contributed by atoms with Crippen LogP contribution in [-0.2, 0) is 0 Å². The zero-order valence-electron chi connectivity index (χ0n) is 11.8. The molecule has 0 radical (unpaired) electrons. The number of hydrogen-bond acceptors (Lipinski definition) is 6. The van der Waals surface area contributed by atoms with Crippen LogP contribution in [0.1, 0.15) is 11.3 Å². The molecule has 1 heterocycles. The highest BCUT2D eigenvalue weighted by Crippen LogP contribution is 2.27. The predicted octanol–water partition coefficient (Wildman–Crippen LogP) is 1.57. The molecule has 0 amide bonds. The number of nitriles is 1. The van der Waals surface area contributed by atoms with Crippen LogP contribution in [0.2, 0.25) is 0 Å². The molecule has 0 unspecified atom stereocenters. The molecule has 0 bridgehead atoms. The second kappa shape index (κ2) is 6.43. The molecular weight excluding hydrogens is 270 g/mol. The van der Waals surface area contributed by atoms with Crippen molar-refractivity contribution in [3.63, 3.8) is 0 Å². The zero-order chi connectivity index (χ0) is 15.2. The Kier molecular flexibility index (Phi) is 4.41. The van der Waals surface area contributed by atoms with Gasteiger partial charge in [0.25, 0.3) is 0 Å². The highest BCUT2D eigenvalue weighted by molar-refractivity contribution is 5.81. The molecule has 0 atom stereocenters. The fraction of sp³-hybridized carbons (Fsp3) is 0.214. The second-order valence-corrected chi connectivity index (χ2v) is 4.19. The van der Waals surface area contributed by atoms with Crippen molar-refractivity contribution in [2.75, 3.05) is 19.5 Å². The van der Waals surface area contributed by atoms with E-state index in [-0.39, 0.29) is 6.61 Å². The summed E-state index contributed by atoms with van der Waals surface area (Å²) in [6, 6.07) is 7.20. The van der Waals surface area contributed by atoms with Gasteiger partial charge < -0.3 is 15.2 Å². The van der Waals surface area contributed by atoms with Crippen LogP contribution in [0.3, 0.4) is 0 Å². The summed E-state index contributed by atoms with van der Waals surface area (Å²) in [5.74, 6) is 1.36. The van der Waals surface area contributed by atoms with Crippen molar-refractivity contribution in [3.8, 4) is 17.6 Å². The number of aromatic nitrogens is 2. The Morgan fingerprint density at radius 3 is 2.90 bits per heavy atom. The minimum Gasteiger partial charge on any atom is -0.493 e. The smallest absolute Gasteiger partial charge is 0.221 e. The van der Waals surface area contributed by atoms with E-state index in [9.17, 15) is 0 Å². The predicted molar refractivity (Wildman–Crippen MR) is 78.5 cm³/mol. The van der Waals surface area contributed by atoms with Crippen molar-refractivity contribution in [3.05, 3.63) is 35.7 Å². The van der Waals surface area contributed by atoms with Crippen LogP contribution >= 0.6 is 0 Å². The first-order chi connectivity index (χ1) is 10.1. The van der Waals surface area contributed by atoms with Crippen LogP contribution < -0.4 is 15.2 Å². The van der Waals surface area contributed by atoms with Crippen molar-refractivity contribution in [2.45, 2.75) is 6.92 Å². The van der Waals surface area contributed by atoms with Crippen molar-refractivity contribution in [2.24, 2.45) is 5.10 Å². The molecule has 0 saturated carbocycles. The molecule has 2 aromatic rings. The van der Waals surface area contributed by atoms with Crippen molar-refractivity contribution < 1.29 is 9.47 Å². The first-order valence-electron chi connectivity index (χ1n) is 6.17. The summed E-state index contributed by atoms with van der Waals surface area (Å²) >= 11 is 0. The molecule has 0 saturated heterocycles. The molecule has 2 N–H and O–H groups in total. The van der Waals surface area contributed by atoms with Crippen molar-refractivity contribution >= 4 is 12.2 Å². The van der Waals surface area contributed by atoms with Crippen LogP contribution in [0.4, 0.5) is 5.95 Å². The van der Waals surface area contributed by atoms with Crippen LogP contribution in [0, 0.1) is 18.3 Å². The zero-order valence-corrected chi connectivity index (χ0v) is 11.8. The van der Waals surface area contributed by atoms with E-state index in [1.165, 1.54) is 11.8 Å². The summed E-state index contributed by atoms with van der Waals surface area (Å²) in [6.07, 6.45) is 3.36. The second-order valence-electron chi connectivity index (χ2n) is 4.19. The van der Waals surface area contributed by atoms with Gasteiger partial charge in [-0.15, -0.1) is 0 Å². The molecule has 0 aliphatic heterocycles. The molecule has 0 fully saturated rings. The number of nitrogens with two attached hydrogens (primary N) is 1. The molecule has 1 aromatic heterocycles. The first kappa shape index (κ1) is 14.4. The molecule has 7 nitrogen and oxygen atoms in total. The quantitative estimate of drug-likeness (QED) is 0.841. The molecular formula is C14H15N5O2. The Balaban J connectivity index is 2.21. The number of nitrogen functional groups attached to an aromatic ring is 1. The van der Waals surface area contributed by atoms with Gasteiger partial charge in [0.1, 0.15) is 6.07 Å². The summed E-state index contributed by atoms with van der Waals surface area (Å²) < 4.78 is 12.0. The van der Waals surface area contributed by atoms with E-state index in [1.807, 2.05) is 13.0 Å². The standard InChI is InChI=1S/C14H15N5O2/c1-10-9-19(14(16)18-10)17-8-11-3-4-12(21-6-5-15)13(7-11)20-2/h3-4,7-9H,6H2,1-2H3,(H2,16,18). The lowest BCUT2D eigenvalue weighted by Crippen LogP contribution is -1.99. The van der Waals surface area contributed by atoms with Crippen LogP contribution in [0.25, 0.3) is 0 Å². The Hall–Kier alpha value is -3.01. The maximum absolute atomic E-state index is 8.53. The van der Waals surface area contributed by atoms with Gasteiger partial charge in [0, 0.05) is 0 Å². The number of benzene rings is 1. The lowest BCUT2D eigenvalue weighted by molar-refractivity contribution is 0.329. The van der Waals surface area contributed by atoms with Gasteiger partial charge in [-0.3, -0.25) is 0 Å². The number of imidazole rings is 1. The fourth-order valence-electron chi connectivity index (χ4n) is 1.72. The summed E-state index contributed by atoms with van der Waals surface area (Å²) in [7, 11) is 1.53. The molecule has 0 spiro atoms. The summed E-state index contributed by atoms with van der Waals surface area (Å²) in [6.45, 7) is 1.81. The monoisotopic (exact) mass is 285 g/mol. The Morgan fingerprint density at radius 2 is 2.29 bits per heavy atom.